The van der Waals surface area contributed by atoms with Crippen molar-refractivity contribution < 1.29 is 24.2 Å². The molecule has 3 N–H and O–H groups in total. The summed E-state index contributed by atoms with van der Waals surface area (Å²) in [6.07, 6.45) is -0.571. The van der Waals surface area contributed by atoms with Gasteiger partial charge in [0.15, 0.2) is 12.1 Å². The Kier molecular flexibility index (Phi) is 12.0. The molecule has 282 valence electrons. The smallest absolute Gasteiger partial charge is 0.315 e. The Labute approximate surface area is 323 Å². The molecule has 0 spiro atoms. The normalized spacial score (nSPS) is 19.0. The zero-order valence-electron chi connectivity index (χ0n) is 31.7. The molecule has 6 aromatic rings. The van der Waals surface area contributed by atoms with Crippen LogP contribution in [0.3, 0.4) is 0 Å². The van der Waals surface area contributed by atoms with Crippen LogP contribution in [0.1, 0.15) is 59.6 Å². The summed E-state index contributed by atoms with van der Waals surface area (Å²) < 4.78 is 13.5. The summed E-state index contributed by atoms with van der Waals surface area (Å²) in [6, 6.07) is 43.9. The van der Waals surface area contributed by atoms with E-state index in [9.17, 15) is 14.7 Å². The molecule has 6 aromatic carbocycles. The molecule has 1 aliphatic heterocycles. The van der Waals surface area contributed by atoms with Crippen LogP contribution in [0.25, 0.3) is 21.5 Å². The molecule has 1 heterocycles. The SMILES string of the molecule is CC(=O)C(Cc1ccccc1)NC(=O)NCc1ccc(C2OC(CN(C)Cc3c4ccccc4cc4ccccc34)C(C)C(c3ccc(CO)cc3)O2)cc1. The molecule has 2 amide bonds. The van der Waals surface area contributed by atoms with Crippen molar-refractivity contribution in [2.45, 2.75) is 64.5 Å². The number of amides is 2. The van der Waals surface area contributed by atoms with Crippen molar-refractivity contribution >= 4 is 33.4 Å². The number of ether oxygens (including phenoxy) is 2. The number of rotatable bonds is 13. The van der Waals surface area contributed by atoms with Gasteiger partial charge >= 0.3 is 6.03 Å². The predicted octanol–water partition coefficient (Wildman–Crippen LogP) is 8.41. The summed E-state index contributed by atoms with van der Waals surface area (Å²) in [5, 5.41) is 20.4. The van der Waals surface area contributed by atoms with Gasteiger partial charge in [0.1, 0.15) is 0 Å². The number of urea groups is 1. The Balaban J connectivity index is 1.06. The summed E-state index contributed by atoms with van der Waals surface area (Å²) in [5.74, 6) is -0.0648. The minimum Gasteiger partial charge on any atom is -0.392 e. The van der Waals surface area contributed by atoms with Crippen molar-refractivity contribution in [1.82, 2.24) is 15.5 Å². The molecule has 0 radical (unpaired) electrons. The van der Waals surface area contributed by atoms with Gasteiger partial charge in [-0.25, -0.2) is 4.79 Å². The second-order valence-corrected chi connectivity index (χ2v) is 14.7. The standard InChI is InChI=1S/C47H49N3O5/c1-31-44(29-50(3)28-42-40-15-9-7-13-38(40)26-39-14-8-10-16-41(39)42)54-46(55-45(31)36-21-19-35(30-51)20-22-36)37-23-17-34(18-24-37)27-48-47(53)49-43(32(2)52)25-33-11-5-4-6-12-33/h4-24,26,31,43-46,51H,25,27-30H2,1-3H3,(H2,48,49,53). The lowest BCUT2D eigenvalue weighted by Crippen LogP contribution is -2.46. The van der Waals surface area contributed by atoms with Crippen LogP contribution < -0.4 is 10.6 Å². The van der Waals surface area contributed by atoms with E-state index < -0.39 is 18.4 Å². The number of carbonyl (C=O) groups is 2. The molecule has 0 saturated carbocycles. The largest absolute Gasteiger partial charge is 0.392 e. The maximum atomic E-state index is 12.8. The monoisotopic (exact) mass is 735 g/mol. The van der Waals surface area contributed by atoms with E-state index in [4.69, 9.17) is 9.47 Å². The fourth-order valence-electron chi connectivity index (χ4n) is 7.58. The van der Waals surface area contributed by atoms with Crippen molar-refractivity contribution in [3.63, 3.8) is 0 Å². The van der Waals surface area contributed by atoms with Crippen molar-refractivity contribution in [3.8, 4) is 0 Å². The van der Waals surface area contributed by atoms with Crippen molar-refractivity contribution in [2.24, 2.45) is 5.92 Å². The van der Waals surface area contributed by atoms with Gasteiger partial charge in [-0.3, -0.25) is 9.69 Å². The number of nitrogens with zero attached hydrogens (tertiary/aromatic N) is 1. The summed E-state index contributed by atoms with van der Waals surface area (Å²) in [4.78, 5) is 27.4. The number of benzene rings is 6. The highest BCUT2D eigenvalue weighted by Gasteiger charge is 2.39. The average molecular weight is 736 g/mol. The van der Waals surface area contributed by atoms with Crippen LogP contribution in [0.5, 0.6) is 0 Å². The van der Waals surface area contributed by atoms with E-state index in [0.29, 0.717) is 19.5 Å². The fourth-order valence-corrected chi connectivity index (χ4v) is 7.58. The van der Waals surface area contributed by atoms with Gasteiger partial charge in [-0.15, -0.1) is 0 Å². The van der Waals surface area contributed by atoms with Crippen molar-refractivity contribution in [3.05, 3.63) is 167 Å². The Morgan fingerprint density at radius 2 is 1.35 bits per heavy atom. The van der Waals surface area contributed by atoms with E-state index in [-0.39, 0.29) is 30.5 Å². The fraction of sp³-hybridized carbons (Fsp3) is 0.277. The number of aliphatic hydroxyl groups excluding tert-OH is 1. The first-order valence-corrected chi connectivity index (χ1v) is 19.0. The topological polar surface area (TPSA) is 100 Å². The van der Waals surface area contributed by atoms with Gasteiger partial charge in [0, 0.05) is 31.1 Å². The molecule has 1 aliphatic rings. The number of ketones is 1. The van der Waals surface area contributed by atoms with Crippen molar-refractivity contribution in [1.29, 1.82) is 0 Å². The highest BCUT2D eigenvalue weighted by atomic mass is 16.7. The number of aliphatic hydroxyl groups is 1. The van der Waals surface area contributed by atoms with E-state index in [2.05, 4.69) is 84.1 Å². The minimum atomic E-state index is -0.616. The first-order chi connectivity index (χ1) is 26.7. The molecule has 5 unspecified atom stereocenters. The van der Waals surface area contributed by atoms with Gasteiger partial charge < -0.3 is 25.2 Å². The lowest BCUT2D eigenvalue weighted by atomic mass is 9.89. The highest BCUT2D eigenvalue weighted by Crippen LogP contribution is 2.42. The molecule has 0 aliphatic carbocycles. The van der Waals surface area contributed by atoms with Crippen molar-refractivity contribution in [2.75, 3.05) is 13.6 Å². The Bertz CT molecular complexity index is 2170. The number of Topliss-reactive ketones (excluding diaryl/α,β-unsaturated/α-hetero) is 1. The predicted molar refractivity (Wildman–Crippen MR) is 217 cm³/mol. The zero-order chi connectivity index (χ0) is 38.3. The molecule has 5 atom stereocenters. The number of hydrogen-bond acceptors (Lipinski definition) is 6. The first kappa shape index (κ1) is 37.9. The average Bonchev–Trinajstić information content (AvgIpc) is 3.21. The number of likely N-dealkylation sites (N-methyl/N-ethyl adjacent to an activating group) is 1. The van der Waals surface area contributed by atoms with Crippen LogP contribution in [0, 0.1) is 5.92 Å². The molecule has 0 bridgehead atoms. The van der Waals surface area contributed by atoms with Gasteiger partial charge in [0.25, 0.3) is 0 Å². The molecule has 7 rings (SSSR count). The summed E-state index contributed by atoms with van der Waals surface area (Å²) >= 11 is 0. The van der Waals surface area contributed by atoms with Crippen LogP contribution in [0.2, 0.25) is 0 Å². The Hall–Kier alpha value is -5.38. The van der Waals surface area contributed by atoms with Gasteiger partial charge in [-0.1, -0.05) is 134 Å². The summed E-state index contributed by atoms with van der Waals surface area (Å²) in [7, 11) is 2.15. The molecular weight excluding hydrogens is 687 g/mol. The van der Waals surface area contributed by atoms with Crippen LogP contribution in [0.4, 0.5) is 4.79 Å². The lowest BCUT2D eigenvalue weighted by molar-refractivity contribution is -0.276. The van der Waals surface area contributed by atoms with Crippen LogP contribution in [-0.4, -0.2) is 47.6 Å². The third kappa shape index (κ3) is 9.12. The van der Waals surface area contributed by atoms with E-state index in [1.807, 2.05) is 78.9 Å². The van der Waals surface area contributed by atoms with E-state index in [0.717, 1.165) is 34.4 Å². The summed E-state index contributed by atoms with van der Waals surface area (Å²) in [6.45, 7) is 5.39. The van der Waals surface area contributed by atoms with Gasteiger partial charge in [0.2, 0.25) is 0 Å². The third-order valence-corrected chi connectivity index (χ3v) is 10.7. The van der Waals surface area contributed by atoms with Gasteiger partial charge in [0.05, 0.1) is 24.9 Å². The molecule has 1 fully saturated rings. The highest BCUT2D eigenvalue weighted by molar-refractivity contribution is 6.02. The maximum Gasteiger partial charge on any atom is 0.315 e. The molecule has 8 heteroatoms. The molecule has 55 heavy (non-hydrogen) atoms. The Morgan fingerprint density at radius 1 is 0.745 bits per heavy atom. The van der Waals surface area contributed by atoms with Gasteiger partial charge in [-0.05, 0) is 75.8 Å². The van der Waals surface area contributed by atoms with Crippen LogP contribution >= 0.6 is 0 Å². The quantitative estimate of drug-likeness (QED) is 0.103. The molecule has 8 nitrogen and oxygen atoms in total. The van der Waals surface area contributed by atoms with Crippen LogP contribution in [-0.2, 0) is 40.4 Å². The number of carbonyl (C=O) groups excluding carboxylic acids is 2. The minimum absolute atomic E-state index is 0.0166. The first-order valence-electron chi connectivity index (χ1n) is 19.0. The number of fused-ring (bicyclic) bond motifs is 2. The second kappa shape index (κ2) is 17.4. The molecule has 0 aromatic heterocycles. The third-order valence-electron chi connectivity index (χ3n) is 10.7. The number of nitrogens with one attached hydrogen (secondary N) is 2. The maximum absolute atomic E-state index is 12.8. The number of hydrogen-bond donors (Lipinski definition) is 3. The van der Waals surface area contributed by atoms with Gasteiger partial charge in [-0.2, -0.15) is 0 Å². The molecular formula is C47H49N3O5. The molecule has 1 saturated heterocycles. The van der Waals surface area contributed by atoms with E-state index in [1.54, 1.807) is 0 Å². The summed E-state index contributed by atoms with van der Waals surface area (Å²) in [5.41, 5.74) is 5.95. The van der Waals surface area contributed by atoms with E-state index >= 15 is 0 Å². The van der Waals surface area contributed by atoms with E-state index in [1.165, 1.54) is 34.0 Å². The Morgan fingerprint density at radius 3 is 1.98 bits per heavy atom. The lowest BCUT2D eigenvalue weighted by Gasteiger charge is -2.42. The zero-order valence-corrected chi connectivity index (χ0v) is 31.7. The second-order valence-electron chi connectivity index (χ2n) is 14.7. The van der Waals surface area contributed by atoms with Crippen LogP contribution in [0.15, 0.2) is 133 Å².